The Morgan fingerprint density at radius 3 is 1.95 bits per heavy atom. The Morgan fingerprint density at radius 2 is 1.32 bits per heavy atom. The lowest BCUT2D eigenvalue weighted by Crippen LogP contribution is -2.62. The molecule has 0 heterocycles. The monoisotopic (exact) mass is 288 g/mol. The molecule has 0 amide bonds. The molecular formula is C22H24. The highest BCUT2D eigenvalue weighted by atomic mass is 14.7. The molecule has 0 aliphatic heterocycles. The molecule has 0 bridgehead atoms. The van der Waals surface area contributed by atoms with Crippen molar-refractivity contribution in [3.63, 3.8) is 0 Å². The van der Waals surface area contributed by atoms with Crippen LogP contribution >= 0.6 is 0 Å². The minimum Gasteiger partial charge on any atom is -0.0644 e. The van der Waals surface area contributed by atoms with Crippen molar-refractivity contribution in [2.45, 2.75) is 39.5 Å². The second-order valence-electron chi connectivity index (χ2n) is 8.22. The van der Waals surface area contributed by atoms with E-state index in [2.05, 4.69) is 88.4 Å². The van der Waals surface area contributed by atoms with Crippen LogP contribution in [0.5, 0.6) is 0 Å². The molecule has 4 rings (SSSR count). The molecule has 112 valence electrons. The molecule has 0 radical (unpaired) electrons. The predicted octanol–water partition coefficient (Wildman–Crippen LogP) is 5.83. The van der Waals surface area contributed by atoms with E-state index in [9.17, 15) is 0 Å². The lowest BCUT2D eigenvalue weighted by Gasteiger charge is -2.66. The zero-order valence-corrected chi connectivity index (χ0v) is 14.0. The van der Waals surface area contributed by atoms with Crippen molar-refractivity contribution in [1.82, 2.24) is 0 Å². The van der Waals surface area contributed by atoms with E-state index < -0.39 is 0 Å². The van der Waals surface area contributed by atoms with E-state index >= 15 is 0 Å². The SMILES string of the molecule is CC1(C)CC(C)(C)C12C=C(c1ccccc1)c1ccccc12. The summed E-state index contributed by atoms with van der Waals surface area (Å²) in [4.78, 5) is 0. The fraction of sp³-hybridized carbons (Fsp3) is 0.364. The Hall–Kier alpha value is -1.82. The Morgan fingerprint density at radius 1 is 0.727 bits per heavy atom. The van der Waals surface area contributed by atoms with E-state index in [1.807, 2.05) is 0 Å². The first-order valence-electron chi connectivity index (χ1n) is 8.27. The number of allylic oxidation sites excluding steroid dienone is 1. The Kier molecular flexibility index (Phi) is 2.59. The van der Waals surface area contributed by atoms with Crippen LogP contribution in [-0.2, 0) is 5.41 Å². The molecular weight excluding hydrogens is 264 g/mol. The average molecular weight is 288 g/mol. The Labute approximate surface area is 133 Å². The van der Waals surface area contributed by atoms with Crippen LogP contribution < -0.4 is 0 Å². The largest absolute Gasteiger partial charge is 0.0644 e. The van der Waals surface area contributed by atoms with Gasteiger partial charge >= 0.3 is 0 Å². The Bertz CT molecular complexity index is 746. The number of hydrogen-bond acceptors (Lipinski definition) is 0. The van der Waals surface area contributed by atoms with Gasteiger partial charge in [-0.05, 0) is 39.5 Å². The van der Waals surface area contributed by atoms with Gasteiger partial charge in [0.05, 0.1) is 0 Å². The molecule has 0 aromatic heterocycles. The summed E-state index contributed by atoms with van der Waals surface area (Å²) in [6.45, 7) is 9.72. The number of fused-ring (bicyclic) bond motifs is 2. The molecule has 2 aliphatic rings. The third-order valence-corrected chi connectivity index (χ3v) is 6.11. The van der Waals surface area contributed by atoms with Crippen LogP contribution in [0.25, 0.3) is 5.57 Å². The topological polar surface area (TPSA) is 0 Å². The zero-order chi connectivity index (χ0) is 15.6. The number of benzene rings is 2. The maximum atomic E-state index is 2.58. The van der Waals surface area contributed by atoms with Gasteiger partial charge in [0, 0.05) is 5.41 Å². The molecule has 22 heavy (non-hydrogen) atoms. The van der Waals surface area contributed by atoms with Gasteiger partial charge in [-0.3, -0.25) is 0 Å². The second kappa shape index (κ2) is 4.13. The molecule has 0 saturated heterocycles. The maximum Gasteiger partial charge on any atom is 0.0250 e. The average Bonchev–Trinajstić information content (AvgIpc) is 2.86. The first kappa shape index (κ1) is 13.8. The van der Waals surface area contributed by atoms with Crippen LogP contribution in [0, 0.1) is 10.8 Å². The molecule has 2 aliphatic carbocycles. The fourth-order valence-electron chi connectivity index (χ4n) is 5.60. The quantitative estimate of drug-likeness (QED) is 0.619. The van der Waals surface area contributed by atoms with Crippen molar-refractivity contribution in [2.75, 3.05) is 0 Å². The summed E-state index contributed by atoms with van der Waals surface area (Å²) in [5.41, 5.74) is 6.47. The summed E-state index contributed by atoms with van der Waals surface area (Å²) >= 11 is 0. The molecule has 0 heteroatoms. The van der Waals surface area contributed by atoms with Crippen LogP contribution in [0.3, 0.4) is 0 Å². The molecule has 0 nitrogen and oxygen atoms in total. The molecule has 2 aromatic rings. The smallest absolute Gasteiger partial charge is 0.0250 e. The zero-order valence-electron chi connectivity index (χ0n) is 14.0. The molecule has 2 aromatic carbocycles. The summed E-state index contributed by atoms with van der Waals surface area (Å²) in [6, 6.07) is 19.9. The second-order valence-corrected chi connectivity index (χ2v) is 8.22. The molecule has 1 saturated carbocycles. The lowest BCUT2D eigenvalue weighted by atomic mass is 9.37. The van der Waals surface area contributed by atoms with Gasteiger partial charge in [0.2, 0.25) is 0 Å². The van der Waals surface area contributed by atoms with Crippen molar-refractivity contribution in [1.29, 1.82) is 0 Å². The van der Waals surface area contributed by atoms with E-state index in [-0.39, 0.29) is 5.41 Å². The third kappa shape index (κ3) is 1.48. The van der Waals surface area contributed by atoms with E-state index in [4.69, 9.17) is 0 Å². The van der Waals surface area contributed by atoms with Crippen LogP contribution in [0.2, 0.25) is 0 Å². The third-order valence-electron chi connectivity index (χ3n) is 6.11. The molecule has 1 spiro atoms. The summed E-state index contributed by atoms with van der Waals surface area (Å²) in [6.07, 6.45) is 3.85. The predicted molar refractivity (Wildman–Crippen MR) is 93.8 cm³/mol. The number of rotatable bonds is 1. The van der Waals surface area contributed by atoms with Crippen molar-refractivity contribution < 1.29 is 0 Å². The first-order chi connectivity index (χ1) is 10.4. The van der Waals surface area contributed by atoms with E-state index in [1.54, 1.807) is 0 Å². The number of hydrogen-bond donors (Lipinski definition) is 0. The van der Waals surface area contributed by atoms with Crippen molar-refractivity contribution >= 4 is 5.57 Å². The van der Waals surface area contributed by atoms with E-state index in [0.29, 0.717) is 10.8 Å². The highest BCUT2D eigenvalue weighted by Gasteiger charge is 2.66. The molecule has 1 fully saturated rings. The van der Waals surface area contributed by atoms with Crippen molar-refractivity contribution in [3.8, 4) is 0 Å². The summed E-state index contributed by atoms with van der Waals surface area (Å²) in [5, 5.41) is 0. The van der Waals surface area contributed by atoms with Crippen molar-refractivity contribution in [3.05, 3.63) is 77.4 Å². The normalized spacial score (nSPS) is 22.8. The van der Waals surface area contributed by atoms with Gasteiger partial charge < -0.3 is 0 Å². The minimum absolute atomic E-state index is 0.155. The molecule has 0 atom stereocenters. The van der Waals surface area contributed by atoms with Gasteiger partial charge in [-0.1, -0.05) is 88.4 Å². The van der Waals surface area contributed by atoms with Crippen LogP contribution in [0.15, 0.2) is 60.7 Å². The minimum atomic E-state index is 0.155. The van der Waals surface area contributed by atoms with E-state index in [0.717, 1.165) is 0 Å². The van der Waals surface area contributed by atoms with Gasteiger partial charge in [0.15, 0.2) is 0 Å². The first-order valence-corrected chi connectivity index (χ1v) is 8.27. The summed E-state index contributed by atoms with van der Waals surface area (Å²) < 4.78 is 0. The molecule has 0 N–H and O–H groups in total. The van der Waals surface area contributed by atoms with Crippen LogP contribution in [0.1, 0.15) is 50.8 Å². The fourth-order valence-corrected chi connectivity index (χ4v) is 5.60. The summed E-state index contributed by atoms with van der Waals surface area (Å²) in [7, 11) is 0. The van der Waals surface area contributed by atoms with E-state index in [1.165, 1.54) is 28.7 Å². The maximum absolute atomic E-state index is 2.58. The van der Waals surface area contributed by atoms with Gasteiger partial charge in [-0.2, -0.15) is 0 Å². The highest BCUT2D eigenvalue weighted by molar-refractivity contribution is 5.88. The van der Waals surface area contributed by atoms with Crippen molar-refractivity contribution in [2.24, 2.45) is 10.8 Å². The Balaban J connectivity index is 2.01. The lowest BCUT2D eigenvalue weighted by molar-refractivity contribution is -0.0813. The van der Waals surface area contributed by atoms with Gasteiger partial charge in [0.1, 0.15) is 0 Å². The van der Waals surface area contributed by atoms with Gasteiger partial charge in [-0.25, -0.2) is 0 Å². The standard InChI is InChI=1S/C22H24/c1-20(2)15-21(3,4)22(20)14-18(16-10-6-5-7-11-16)17-12-8-9-13-19(17)22/h5-14H,15H2,1-4H3. The van der Waals surface area contributed by atoms with Gasteiger partial charge in [0.25, 0.3) is 0 Å². The summed E-state index contributed by atoms with van der Waals surface area (Å²) in [5.74, 6) is 0. The van der Waals surface area contributed by atoms with Gasteiger partial charge in [-0.15, -0.1) is 0 Å². The molecule has 0 unspecified atom stereocenters. The highest BCUT2D eigenvalue weighted by Crippen LogP contribution is 2.72. The van der Waals surface area contributed by atoms with Crippen LogP contribution in [-0.4, -0.2) is 0 Å². The van der Waals surface area contributed by atoms with Crippen LogP contribution in [0.4, 0.5) is 0 Å².